The molecule has 0 saturated carbocycles. The van der Waals surface area contributed by atoms with Gasteiger partial charge in [0.1, 0.15) is 5.97 Å². The van der Waals surface area contributed by atoms with Crippen LogP contribution in [0.2, 0.25) is 0 Å². The van der Waals surface area contributed by atoms with Crippen LogP contribution in [0, 0.1) is 0 Å². The molecular formula is C28H57NO3. The summed E-state index contributed by atoms with van der Waals surface area (Å²) < 4.78 is 0. The second-order valence-electron chi connectivity index (χ2n) is 9.37. The molecule has 32 heavy (non-hydrogen) atoms. The SMILES string of the molecule is CCC(=O)C(=O)[O-].CCCCCCCC[NH+](CCCCCCCC)CCCCCCCC. The number of aliphatic carboxylic acids is 1. The van der Waals surface area contributed by atoms with E-state index in [1.165, 1.54) is 142 Å². The molecule has 0 saturated heterocycles. The molecule has 0 rings (SSSR count). The molecule has 0 aliphatic heterocycles. The number of unbranched alkanes of at least 4 members (excludes halogenated alkanes) is 15. The molecule has 0 atom stereocenters. The number of carboxylic acids is 1. The Hall–Kier alpha value is -0.900. The van der Waals surface area contributed by atoms with Crippen LogP contribution in [0.5, 0.6) is 0 Å². The van der Waals surface area contributed by atoms with E-state index in [-0.39, 0.29) is 6.42 Å². The van der Waals surface area contributed by atoms with Gasteiger partial charge >= 0.3 is 0 Å². The maximum atomic E-state index is 9.85. The van der Waals surface area contributed by atoms with Crippen LogP contribution in [-0.4, -0.2) is 31.4 Å². The molecule has 0 radical (unpaired) electrons. The molecule has 192 valence electrons. The lowest BCUT2D eigenvalue weighted by Gasteiger charge is -2.19. The van der Waals surface area contributed by atoms with Crippen LogP contribution in [0.25, 0.3) is 0 Å². The zero-order chi connectivity index (χ0) is 24.3. The highest BCUT2D eigenvalue weighted by atomic mass is 16.4. The Bertz CT molecular complexity index is 360. The monoisotopic (exact) mass is 455 g/mol. The van der Waals surface area contributed by atoms with Gasteiger partial charge in [0, 0.05) is 6.42 Å². The first-order valence-corrected chi connectivity index (χ1v) is 14.1. The highest BCUT2D eigenvalue weighted by Gasteiger charge is 2.08. The highest BCUT2D eigenvalue weighted by Crippen LogP contribution is 2.06. The summed E-state index contributed by atoms with van der Waals surface area (Å²) in [6.45, 7) is 12.7. The maximum absolute atomic E-state index is 9.85. The van der Waals surface area contributed by atoms with Crippen molar-refractivity contribution in [3.05, 3.63) is 0 Å². The van der Waals surface area contributed by atoms with Crippen molar-refractivity contribution < 1.29 is 19.6 Å². The number of carboxylic acid groups (broad SMARTS) is 1. The Morgan fingerprint density at radius 3 is 1.00 bits per heavy atom. The van der Waals surface area contributed by atoms with Gasteiger partial charge in [-0.2, -0.15) is 0 Å². The number of rotatable bonds is 23. The number of carbonyl (C=O) groups is 2. The first kappa shape index (κ1) is 33.3. The Kier molecular flexibility index (Phi) is 29.3. The van der Waals surface area contributed by atoms with Crippen molar-refractivity contribution in [1.29, 1.82) is 0 Å². The van der Waals surface area contributed by atoms with Gasteiger partial charge in [0.2, 0.25) is 0 Å². The summed E-state index contributed by atoms with van der Waals surface area (Å²) in [5.74, 6) is -2.44. The summed E-state index contributed by atoms with van der Waals surface area (Å²) >= 11 is 0. The predicted molar refractivity (Wildman–Crippen MR) is 136 cm³/mol. The minimum Gasteiger partial charge on any atom is -0.542 e. The van der Waals surface area contributed by atoms with E-state index in [2.05, 4.69) is 20.8 Å². The molecule has 0 spiro atoms. The highest BCUT2D eigenvalue weighted by molar-refractivity contribution is 6.31. The largest absolute Gasteiger partial charge is 0.542 e. The lowest BCUT2D eigenvalue weighted by Crippen LogP contribution is -3.12. The number of quaternary nitrogens is 1. The van der Waals surface area contributed by atoms with Gasteiger partial charge in [0.15, 0.2) is 5.78 Å². The molecule has 0 aliphatic carbocycles. The van der Waals surface area contributed by atoms with Crippen molar-refractivity contribution >= 4 is 11.8 Å². The summed E-state index contributed by atoms with van der Waals surface area (Å²) in [7, 11) is 0. The second-order valence-corrected chi connectivity index (χ2v) is 9.37. The normalized spacial score (nSPS) is 10.8. The van der Waals surface area contributed by atoms with Crippen molar-refractivity contribution in [3.8, 4) is 0 Å². The van der Waals surface area contributed by atoms with Gasteiger partial charge in [-0.1, -0.05) is 105 Å². The van der Waals surface area contributed by atoms with Crippen LogP contribution in [0.15, 0.2) is 0 Å². The van der Waals surface area contributed by atoms with Crippen molar-refractivity contribution in [3.63, 3.8) is 0 Å². The Morgan fingerprint density at radius 2 is 0.781 bits per heavy atom. The lowest BCUT2D eigenvalue weighted by atomic mass is 10.1. The Balaban J connectivity index is 0. The van der Waals surface area contributed by atoms with Crippen molar-refractivity contribution in [1.82, 2.24) is 0 Å². The molecule has 0 fully saturated rings. The van der Waals surface area contributed by atoms with E-state index < -0.39 is 11.8 Å². The number of Topliss-reactive ketones (excluding diaryl/α,β-unsaturated/α-hetero) is 1. The Morgan fingerprint density at radius 1 is 0.500 bits per heavy atom. The van der Waals surface area contributed by atoms with Crippen LogP contribution >= 0.6 is 0 Å². The fourth-order valence-electron chi connectivity index (χ4n) is 3.99. The number of ketones is 1. The molecule has 0 unspecified atom stereocenters. The molecule has 0 aromatic carbocycles. The molecule has 4 nitrogen and oxygen atoms in total. The van der Waals surface area contributed by atoms with E-state index in [0.717, 1.165) is 0 Å². The van der Waals surface area contributed by atoms with E-state index in [0.29, 0.717) is 0 Å². The summed E-state index contributed by atoms with van der Waals surface area (Å²) in [6, 6.07) is 0. The average Bonchev–Trinajstić information content (AvgIpc) is 2.79. The fraction of sp³-hybridized carbons (Fsp3) is 0.929. The number of carbonyl (C=O) groups excluding carboxylic acids is 2. The lowest BCUT2D eigenvalue weighted by molar-refractivity contribution is -0.900. The molecule has 1 N–H and O–H groups in total. The first-order valence-electron chi connectivity index (χ1n) is 14.1. The molecule has 4 heteroatoms. The summed E-state index contributed by atoms with van der Waals surface area (Å²) in [4.78, 5) is 21.2. The number of hydrogen-bond donors (Lipinski definition) is 1. The molecule has 0 heterocycles. The van der Waals surface area contributed by atoms with Crippen molar-refractivity contribution in [2.24, 2.45) is 0 Å². The molecule has 0 amide bonds. The summed E-state index contributed by atoms with van der Waals surface area (Å²) in [6.07, 6.45) is 26.0. The van der Waals surface area contributed by atoms with Gasteiger partial charge in [-0.3, -0.25) is 4.79 Å². The molecule has 0 bridgehead atoms. The zero-order valence-corrected chi connectivity index (χ0v) is 22.3. The van der Waals surface area contributed by atoms with E-state index in [9.17, 15) is 14.7 Å². The average molecular weight is 456 g/mol. The molecular weight excluding hydrogens is 398 g/mol. The first-order chi connectivity index (χ1) is 15.5. The van der Waals surface area contributed by atoms with E-state index >= 15 is 0 Å². The van der Waals surface area contributed by atoms with E-state index in [1.807, 2.05) is 4.90 Å². The van der Waals surface area contributed by atoms with Crippen LogP contribution in [0.3, 0.4) is 0 Å². The third-order valence-corrected chi connectivity index (χ3v) is 6.20. The predicted octanol–water partition coefficient (Wildman–Crippen LogP) is 5.67. The van der Waals surface area contributed by atoms with E-state index in [1.54, 1.807) is 0 Å². The summed E-state index contributed by atoms with van der Waals surface area (Å²) in [5.41, 5.74) is 0. The fourth-order valence-corrected chi connectivity index (χ4v) is 3.99. The van der Waals surface area contributed by atoms with Crippen LogP contribution in [-0.2, 0) is 9.59 Å². The minimum atomic E-state index is -1.59. The van der Waals surface area contributed by atoms with Gasteiger partial charge in [0.05, 0.1) is 19.6 Å². The molecule has 0 aromatic heterocycles. The zero-order valence-electron chi connectivity index (χ0n) is 22.3. The van der Waals surface area contributed by atoms with Crippen LogP contribution in [0.4, 0.5) is 0 Å². The molecule has 0 aliphatic rings. The quantitative estimate of drug-likeness (QED) is 0.159. The number of nitrogens with one attached hydrogen (secondary N) is 1. The van der Waals surface area contributed by atoms with Gasteiger partial charge in [-0.15, -0.1) is 0 Å². The number of hydrogen-bond acceptors (Lipinski definition) is 3. The van der Waals surface area contributed by atoms with Gasteiger partial charge < -0.3 is 14.8 Å². The Labute approximate surface area is 200 Å². The van der Waals surface area contributed by atoms with Crippen LogP contribution in [0.1, 0.15) is 150 Å². The van der Waals surface area contributed by atoms with Crippen molar-refractivity contribution in [2.75, 3.05) is 19.6 Å². The van der Waals surface area contributed by atoms with Gasteiger partial charge in [-0.05, 0) is 38.5 Å². The van der Waals surface area contributed by atoms with Crippen molar-refractivity contribution in [2.45, 2.75) is 150 Å². The summed E-state index contributed by atoms with van der Waals surface area (Å²) in [5, 5.41) is 9.47. The third kappa shape index (κ3) is 27.1. The molecule has 0 aromatic rings. The van der Waals surface area contributed by atoms with Gasteiger partial charge in [-0.25, -0.2) is 0 Å². The second kappa shape index (κ2) is 28.1. The standard InChI is InChI=1S/C24H51N.C4H6O3/c1-4-7-10-13-16-19-22-25(23-20-17-14-11-8-5-2)24-21-18-15-12-9-6-3;1-2-3(5)4(6)7/h4-24H2,1-3H3;2H2,1H3,(H,6,7). The van der Waals surface area contributed by atoms with E-state index in [4.69, 9.17) is 0 Å². The van der Waals surface area contributed by atoms with Crippen LogP contribution < -0.4 is 10.0 Å². The van der Waals surface area contributed by atoms with Gasteiger partial charge in [0.25, 0.3) is 0 Å². The third-order valence-electron chi connectivity index (χ3n) is 6.20. The topological polar surface area (TPSA) is 61.6 Å². The smallest absolute Gasteiger partial charge is 0.177 e. The maximum Gasteiger partial charge on any atom is 0.177 e. The minimum absolute atomic E-state index is 0.0162.